The first-order valence-corrected chi connectivity index (χ1v) is 4.94. The van der Waals surface area contributed by atoms with Crippen molar-refractivity contribution in [1.82, 2.24) is 0 Å². The summed E-state index contributed by atoms with van der Waals surface area (Å²) in [5, 5.41) is 21.1. The molecular weight excluding hydrogens is 264 g/mol. The molecule has 18 heavy (non-hydrogen) atoms. The van der Waals surface area contributed by atoms with E-state index in [1.54, 1.807) is 0 Å². The van der Waals surface area contributed by atoms with E-state index < -0.39 is 16.8 Å². The van der Waals surface area contributed by atoms with Crippen LogP contribution in [0.1, 0.15) is 0 Å². The summed E-state index contributed by atoms with van der Waals surface area (Å²) in [6.07, 6.45) is 1.45. The number of aliphatic carboxylic acids is 1. The Labute approximate surface area is 106 Å². The van der Waals surface area contributed by atoms with Crippen molar-refractivity contribution >= 4 is 34.9 Å². The fourth-order valence-corrected chi connectivity index (χ4v) is 1.25. The molecule has 1 amide bonds. The van der Waals surface area contributed by atoms with Gasteiger partial charge in [0.25, 0.3) is 5.69 Å². The van der Waals surface area contributed by atoms with Crippen LogP contribution >= 0.6 is 11.6 Å². The number of nitro groups is 1. The van der Waals surface area contributed by atoms with E-state index in [1.165, 1.54) is 12.1 Å². The molecule has 0 saturated heterocycles. The minimum atomic E-state index is -1.27. The third-order valence-corrected chi connectivity index (χ3v) is 2.11. The molecular formula is C10H7ClN2O5. The van der Waals surface area contributed by atoms with Crippen molar-refractivity contribution in [1.29, 1.82) is 0 Å². The molecule has 7 nitrogen and oxygen atoms in total. The average molecular weight is 271 g/mol. The molecule has 0 saturated carbocycles. The van der Waals surface area contributed by atoms with Gasteiger partial charge in [-0.05, 0) is 12.1 Å². The lowest BCUT2D eigenvalue weighted by atomic mass is 10.2. The topological polar surface area (TPSA) is 110 Å². The molecule has 94 valence electrons. The maximum Gasteiger partial charge on any atom is 0.328 e. The summed E-state index contributed by atoms with van der Waals surface area (Å²) in [6.45, 7) is 0. The maximum atomic E-state index is 11.2. The van der Waals surface area contributed by atoms with E-state index in [2.05, 4.69) is 5.32 Å². The summed E-state index contributed by atoms with van der Waals surface area (Å²) in [5.74, 6) is -1.98. The van der Waals surface area contributed by atoms with Crippen molar-refractivity contribution in [3.63, 3.8) is 0 Å². The van der Waals surface area contributed by atoms with Gasteiger partial charge in [0, 0.05) is 23.9 Å². The number of benzene rings is 1. The van der Waals surface area contributed by atoms with Crippen LogP contribution in [-0.4, -0.2) is 21.9 Å². The van der Waals surface area contributed by atoms with E-state index in [0.29, 0.717) is 6.08 Å². The number of nitrogens with one attached hydrogen (secondary N) is 1. The molecule has 0 atom stereocenters. The van der Waals surface area contributed by atoms with Crippen LogP contribution < -0.4 is 5.32 Å². The van der Waals surface area contributed by atoms with E-state index in [4.69, 9.17) is 16.7 Å². The second-order valence-electron chi connectivity index (χ2n) is 3.08. The number of carbonyl (C=O) groups is 2. The first kappa shape index (κ1) is 13.7. The number of halogens is 1. The number of carboxylic acids is 1. The number of rotatable bonds is 4. The zero-order valence-electron chi connectivity index (χ0n) is 8.79. The van der Waals surface area contributed by atoms with Gasteiger partial charge in [0.15, 0.2) is 0 Å². The van der Waals surface area contributed by atoms with Gasteiger partial charge < -0.3 is 10.4 Å². The molecule has 2 N–H and O–H groups in total. The van der Waals surface area contributed by atoms with Crippen LogP contribution in [0.5, 0.6) is 0 Å². The van der Waals surface area contributed by atoms with Crippen LogP contribution in [0, 0.1) is 10.1 Å². The summed E-state index contributed by atoms with van der Waals surface area (Å²) in [7, 11) is 0. The highest BCUT2D eigenvalue weighted by atomic mass is 35.5. The normalized spacial score (nSPS) is 10.3. The SMILES string of the molecule is O=C(O)/C=C/C(=O)Nc1ccc(Cl)c([N+](=O)[O-])c1. The van der Waals surface area contributed by atoms with Gasteiger partial charge in [-0.2, -0.15) is 0 Å². The Balaban J connectivity index is 2.86. The van der Waals surface area contributed by atoms with Crippen LogP contribution in [0.15, 0.2) is 30.4 Å². The fraction of sp³-hybridized carbons (Fsp3) is 0. The maximum absolute atomic E-state index is 11.2. The number of carbonyl (C=O) groups excluding carboxylic acids is 1. The standard InChI is InChI=1S/C10H7ClN2O5/c11-7-2-1-6(5-8(7)13(17)18)12-9(14)3-4-10(15)16/h1-5H,(H,12,14)(H,15,16)/b4-3+. The molecule has 0 radical (unpaired) electrons. The summed E-state index contributed by atoms with van der Waals surface area (Å²) in [4.78, 5) is 31.3. The molecule has 0 aromatic heterocycles. The second kappa shape index (κ2) is 5.78. The van der Waals surface area contributed by atoms with Crippen molar-refractivity contribution in [3.8, 4) is 0 Å². The molecule has 0 aliphatic heterocycles. The predicted octanol–water partition coefficient (Wildman–Crippen LogP) is 1.83. The molecule has 1 rings (SSSR count). The van der Waals surface area contributed by atoms with Gasteiger partial charge in [-0.3, -0.25) is 14.9 Å². The first-order chi connectivity index (χ1) is 8.40. The fourth-order valence-electron chi connectivity index (χ4n) is 1.06. The molecule has 1 aromatic carbocycles. The van der Waals surface area contributed by atoms with Gasteiger partial charge in [-0.25, -0.2) is 4.79 Å². The van der Waals surface area contributed by atoms with Crippen molar-refractivity contribution in [2.24, 2.45) is 0 Å². The average Bonchev–Trinajstić information content (AvgIpc) is 2.28. The van der Waals surface area contributed by atoms with Crippen molar-refractivity contribution in [2.75, 3.05) is 5.32 Å². The van der Waals surface area contributed by atoms with Crippen LogP contribution in [0.2, 0.25) is 5.02 Å². The molecule has 0 spiro atoms. The molecule has 0 bridgehead atoms. The summed E-state index contributed by atoms with van der Waals surface area (Å²) < 4.78 is 0. The summed E-state index contributed by atoms with van der Waals surface area (Å²) in [5.41, 5.74) is -0.206. The Kier molecular flexibility index (Phi) is 4.39. The number of amides is 1. The smallest absolute Gasteiger partial charge is 0.328 e. The van der Waals surface area contributed by atoms with E-state index in [9.17, 15) is 19.7 Å². The molecule has 0 aliphatic carbocycles. The van der Waals surface area contributed by atoms with Crippen molar-refractivity contribution in [2.45, 2.75) is 0 Å². The first-order valence-electron chi connectivity index (χ1n) is 4.56. The highest BCUT2D eigenvalue weighted by Crippen LogP contribution is 2.27. The van der Waals surface area contributed by atoms with Gasteiger partial charge in [0.05, 0.1) is 4.92 Å². The Morgan fingerprint density at radius 2 is 2.06 bits per heavy atom. The number of hydrogen-bond donors (Lipinski definition) is 2. The molecule has 0 unspecified atom stereocenters. The number of anilines is 1. The lowest BCUT2D eigenvalue weighted by Crippen LogP contribution is -2.08. The minimum Gasteiger partial charge on any atom is -0.478 e. The summed E-state index contributed by atoms with van der Waals surface area (Å²) >= 11 is 5.58. The van der Waals surface area contributed by atoms with Crippen LogP contribution in [0.4, 0.5) is 11.4 Å². The van der Waals surface area contributed by atoms with Gasteiger partial charge >= 0.3 is 5.97 Å². The van der Waals surface area contributed by atoms with Gasteiger partial charge in [-0.15, -0.1) is 0 Å². The predicted molar refractivity (Wildman–Crippen MR) is 63.5 cm³/mol. The second-order valence-corrected chi connectivity index (χ2v) is 3.49. The molecule has 0 aliphatic rings. The Morgan fingerprint density at radius 1 is 1.39 bits per heavy atom. The van der Waals surface area contributed by atoms with Crippen molar-refractivity contribution < 1.29 is 19.6 Å². The summed E-state index contributed by atoms with van der Waals surface area (Å²) in [6, 6.07) is 3.70. The third kappa shape index (κ3) is 3.87. The molecule has 0 fully saturated rings. The number of carboxylic acid groups (broad SMARTS) is 1. The Bertz CT molecular complexity index is 541. The van der Waals surface area contributed by atoms with Gasteiger partial charge in [-0.1, -0.05) is 11.6 Å². The molecule has 8 heteroatoms. The van der Waals surface area contributed by atoms with Crippen molar-refractivity contribution in [3.05, 3.63) is 45.5 Å². The Morgan fingerprint density at radius 3 is 2.61 bits per heavy atom. The number of hydrogen-bond acceptors (Lipinski definition) is 4. The van der Waals surface area contributed by atoms with E-state index in [-0.39, 0.29) is 16.4 Å². The van der Waals surface area contributed by atoms with E-state index in [0.717, 1.165) is 12.1 Å². The van der Waals surface area contributed by atoms with Gasteiger partial charge in [0.2, 0.25) is 5.91 Å². The van der Waals surface area contributed by atoms with Crippen LogP contribution in [0.25, 0.3) is 0 Å². The zero-order chi connectivity index (χ0) is 13.7. The monoisotopic (exact) mass is 270 g/mol. The lowest BCUT2D eigenvalue weighted by Gasteiger charge is -2.02. The number of nitrogens with zero attached hydrogens (tertiary/aromatic N) is 1. The van der Waals surface area contributed by atoms with Crippen LogP contribution in [-0.2, 0) is 9.59 Å². The largest absolute Gasteiger partial charge is 0.478 e. The highest BCUT2D eigenvalue weighted by Gasteiger charge is 2.13. The molecule has 1 aromatic rings. The molecule has 0 heterocycles. The lowest BCUT2D eigenvalue weighted by molar-refractivity contribution is -0.384. The highest BCUT2D eigenvalue weighted by molar-refractivity contribution is 6.32. The third-order valence-electron chi connectivity index (χ3n) is 1.79. The Hall–Kier alpha value is -2.41. The zero-order valence-corrected chi connectivity index (χ0v) is 9.55. The number of nitro benzene ring substituents is 1. The van der Waals surface area contributed by atoms with E-state index in [1.807, 2.05) is 0 Å². The van der Waals surface area contributed by atoms with E-state index >= 15 is 0 Å². The quantitative estimate of drug-likeness (QED) is 0.493. The minimum absolute atomic E-state index is 0.0564. The van der Waals surface area contributed by atoms with Crippen LogP contribution in [0.3, 0.4) is 0 Å². The van der Waals surface area contributed by atoms with Gasteiger partial charge in [0.1, 0.15) is 5.02 Å².